The first-order chi connectivity index (χ1) is 10.3. The molecule has 0 saturated heterocycles. The number of rotatable bonds is 3. The maximum absolute atomic E-state index is 13.0. The van der Waals surface area contributed by atoms with Gasteiger partial charge in [0.25, 0.3) is 0 Å². The van der Waals surface area contributed by atoms with Crippen molar-refractivity contribution in [2.24, 2.45) is 5.16 Å². The van der Waals surface area contributed by atoms with E-state index in [0.717, 1.165) is 6.07 Å². The van der Waals surface area contributed by atoms with Crippen molar-refractivity contribution in [3.05, 3.63) is 63.6 Å². The van der Waals surface area contributed by atoms with Gasteiger partial charge in [0.15, 0.2) is 5.75 Å². The SMILES string of the molecule is C/C(=N\Oc1ccc(Cl)cc1)c1cc(Cl)ccc1C(F)(F)F. The summed E-state index contributed by atoms with van der Waals surface area (Å²) in [5.41, 5.74) is -0.892. The van der Waals surface area contributed by atoms with Crippen LogP contribution in [0.5, 0.6) is 5.75 Å². The number of alkyl halides is 3. The van der Waals surface area contributed by atoms with Crippen LogP contribution < -0.4 is 4.84 Å². The minimum absolute atomic E-state index is 0.0600. The Labute approximate surface area is 135 Å². The van der Waals surface area contributed by atoms with Crippen LogP contribution >= 0.6 is 23.2 Å². The Morgan fingerprint density at radius 3 is 2.18 bits per heavy atom. The first kappa shape index (κ1) is 16.6. The maximum Gasteiger partial charge on any atom is 0.417 e. The van der Waals surface area contributed by atoms with Gasteiger partial charge in [-0.3, -0.25) is 0 Å². The highest BCUT2D eigenvalue weighted by atomic mass is 35.5. The number of hydrogen-bond acceptors (Lipinski definition) is 2. The molecule has 0 bridgehead atoms. The van der Waals surface area contributed by atoms with Crippen LogP contribution in [0.2, 0.25) is 10.0 Å². The molecule has 0 atom stereocenters. The van der Waals surface area contributed by atoms with E-state index in [1.165, 1.54) is 19.1 Å². The van der Waals surface area contributed by atoms with Crippen LogP contribution in [0.3, 0.4) is 0 Å². The Kier molecular flexibility index (Phi) is 4.98. The highest BCUT2D eigenvalue weighted by Gasteiger charge is 2.34. The molecule has 0 aliphatic carbocycles. The van der Waals surface area contributed by atoms with E-state index in [4.69, 9.17) is 28.0 Å². The fraction of sp³-hybridized carbons (Fsp3) is 0.133. The Balaban J connectivity index is 2.32. The van der Waals surface area contributed by atoms with Crippen molar-refractivity contribution in [1.82, 2.24) is 0 Å². The Bertz CT molecular complexity index is 697. The number of benzene rings is 2. The van der Waals surface area contributed by atoms with E-state index in [-0.39, 0.29) is 16.3 Å². The zero-order chi connectivity index (χ0) is 16.3. The van der Waals surface area contributed by atoms with Gasteiger partial charge in [0, 0.05) is 15.6 Å². The van der Waals surface area contributed by atoms with Crippen LogP contribution in [0.15, 0.2) is 47.6 Å². The van der Waals surface area contributed by atoms with E-state index in [2.05, 4.69) is 5.16 Å². The molecule has 2 aromatic carbocycles. The summed E-state index contributed by atoms with van der Waals surface area (Å²) in [6, 6.07) is 9.59. The lowest BCUT2D eigenvalue weighted by Crippen LogP contribution is -2.12. The number of oxime groups is 1. The molecule has 0 saturated carbocycles. The van der Waals surface area contributed by atoms with Crippen molar-refractivity contribution in [3.8, 4) is 5.75 Å². The Morgan fingerprint density at radius 1 is 1.00 bits per heavy atom. The molecule has 2 rings (SSSR count). The third-order valence-electron chi connectivity index (χ3n) is 2.78. The molecule has 0 aliphatic rings. The topological polar surface area (TPSA) is 21.6 Å². The third-order valence-corrected chi connectivity index (χ3v) is 3.27. The van der Waals surface area contributed by atoms with Gasteiger partial charge in [-0.1, -0.05) is 28.4 Å². The van der Waals surface area contributed by atoms with Crippen molar-refractivity contribution in [3.63, 3.8) is 0 Å². The molecule has 0 unspecified atom stereocenters. The lowest BCUT2D eigenvalue weighted by atomic mass is 10.0. The molecular weight excluding hydrogens is 338 g/mol. The summed E-state index contributed by atoms with van der Waals surface area (Å²) >= 11 is 11.5. The minimum Gasteiger partial charge on any atom is -0.357 e. The molecule has 0 aliphatic heterocycles. The van der Waals surface area contributed by atoms with Crippen LogP contribution in [0.4, 0.5) is 13.2 Å². The van der Waals surface area contributed by atoms with Crippen LogP contribution in [0.1, 0.15) is 18.1 Å². The molecule has 2 nitrogen and oxygen atoms in total. The van der Waals surface area contributed by atoms with Gasteiger partial charge in [-0.25, -0.2) is 0 Å². The van der Waals surface area contributed by atoms with E-state index in [1.54, 1.807) is 24.3 Å². The summed E-state index contributed by atoms with van der Waals surface area (Å²) in [5.74, 6) is 0.360. The van der Waals surface area contributed by atoms with Gasteiger partial charge in [0.1, 0.15) is 0 Å². The summed E-state index contributed by atoms with van der Waals surface area (Å²) in [6.45, 7) is 1.41. The zero-order valence-corrected chi connectivity index (χ0v) is 12.8. The van der Waals surface area contributed by atoms with Gasteiger partial charge in [-0.05, 0) is 49.4 Å². The number of nitrogens with zero attached hydrogens (tertiary/aromatic N) is 1. The molecule has 22 heavy (non-hydrogen) atoms. The van der Waals surface area contributed by atoms with Gasteiger partial charge >= 0.3 is 6.18 Å². The fourth-order valence-corrected chi connectivity index (χ4v) is 2.03. The van der Waals surface area contributed by atoms with E-state index >= 15 is 0 Å². The molecule has 0 aromatic heterocycles. The molecule has 2 aromatic rings. The summed E-state index contributed by atoms with van der Waals surface area (Å²) in [4.78, 5) is 5.10. The normalized spacial score (nSPS) is 12.4. The van der Waals surface area contributed by atoms with Crippen molar-refractivity contribution in [1.29, 1.82) is 0 Å². The molecule has 7 heteroatoms. The van der Waals surface area contributed by atoms with E-state index in [1.807, 2.05) is 0 Å². The molecule has 116 valence electrons. The molecule has 0 amide bonds. The second-order valence-electron chi connectivity index (χ2n) is 4.41. The predicted octanol–water partition coefficient (Wildman–Crippen LogP) is 5.82. The quantitative estimate of drug-likeness (QED) is 0.506. The maximum atomic E-state index is 13.0. The second kappa shape index (κ2) is 6.58. The van der Waals surface area contributed by atoms with E-state index < -0.39 is 11.7 Å². The number of hydrogen-bond donors (Lipinski definition) is 0. The van der Waals surface area contributed by atoms with Crippen LogP contribution in [-0.2, 0) is 6.18 Å². The summed E-state index contributed by atoms with van der Waals surface area (Å²) in [5, 5.41) is 4.42. The average Bonchev–Trinajstić information content (AvgIpc) is 2.45. The lowest BCUT2D eigenvalue weighted by Gasteiger charge is -2.12. The van der Waals surface area contributed by atoms with Crippen molar-refractivity contribution in [2.45, 2.75) is 13.1 Å². The first-order valence-electron chi connectivity index (χ1n) is 6.11. The predicted molar refractivity (Wildman–Crippen MR) is 80.7 cm³/mol. The lowest BCUT2D eigenvalue weighted by molar-refractivity contribution is -0.137. The molecule has 0 N–H and O–H groups in total. The minimum atomic E-state index is -4.50. The van der Waals surface area contributed by atoms with E-state index in [9.17, 15) is 13.2 Å². The average molecular weight is 348 g/mol. The Morgan fingerprint density at radius 2 is 1.59 bits per heavy atom. The third kappa shape index (κ3) is 4.15. The van der Waals surface area contributed by atoms with Gasteiger partial charge < -0.3 is 4.84 Å². The largest absolute Gasteiger partial charge is 0.417 e. The van der Waals surface area contributed by atoms with Gasteiger partial charge in [-0.15, -0.1) is 0 Å². The van der Waals surface area contributed by atoms with Gasteiger partial charge in [-0.2, -0.15) is 13.2 Å². The van der Waals surface area contributed by atoms with Crippen LogP contribution in [0, 0.1) is 0 Å². The molecule has 0 fully saturated rings. The van der Waals surface area contributed by atoms with E-state index in [0.29, 0.717) is 10.8 Å². The highest BCUT2D eigenvalue weighted by molar-refractivity contribution is 6.31. The van der Waals surface area contributed by atoms with Crippen molar-refractivity contribution < 1.29 is 18.0 Å². The molecule has 0 spiro atoms. The fourth-order valence-electron chi connectivity index (χ4n) is 1.73. The van der Waals surface area contributed by atoms with Gasteiger partial charge in [0.05, 0.1) is 11.3 Å². The first-order valence-corrected chi connectivity index (χ1v) is 6.87. The standard InChI is InChI=1S/C15H10Cl2F3NO/c1-9(21-22-12-5-2-10(16)3-6-12)13-8-11(17)4-7-14(13)15(18,19)20/h2-8H,1H3/b21-9+. The zero-order valence-electron chi connectivity index (χ0n) is 11.3. The second-order valence-corrected chi connectivity index (χ2v) is 5.28. The van der Waals surface area contributed by atoms with Gasteiger partial charge in [0.2, 0.25) is 0 Å². The number of halogens is 5. The van der Waals surface area contributed by atoms with Crippen molar-refractivity contribution >= 4 is 28.9 Å². The van der Waals surface area contributed by atoms with Crippen molar-refractivity contribution in [2.75, 3.05) is 0 Å². The summed E-state index contributed by atoms with van der Waals surface area (Å²) in [6.07, 6.45) is -4.50. The Hall–Kier alpha value is -1.72. The molecular formula is C15H10Cl2F3NO. The van der Waals surface area contributed by atoms with Crippen LogP contribution in [0.25, 0.3) is 0 Å². The molecule has 0 radical (unpaired) electrons. The monoisotopic (exact) mass is 347 g/mol. The summed E-state index contributed by atoms with van der Waals surface area (Å²) < 4.78 is 39.0. The molecule has 0 heterocycles. The highest BCUT2D eigenvalue weighted by Crippen LogP contribution is 2.33. The summed E-state index contributed by atoms with van der Waals surface area (Å²) in [7, 11) is 0. The smallest absolute Gasteiger partial charge is 0.357 e. The van der Waals surface area contributed by atoms with Crippen LogP contribution in [-0.4, -0.2) is 5.71 Å².